The minimum Gasteiger partial charge on any atom is -0.506 e. The van der Waals surface area contributed by atoms with Gasteiger partial charge in [-0.3, -0.25) is 10.1 Å². The number of amides is 2. The van der Waals surface area contributed by atoms with Gasteiger partial charge in [0.1, 0.15) is 5.75 Å². The van der Waals surface area contributed by atoms with Crippen LogP contribution in [0.15, 0.2) is 81.8 Å². The number of ether oxygens (including phenoxy) is 2. The SMILES string of the molecule is CCO[C@H](CC/C=C/C(=O)Nc1ccccc1N)[C@H](OC(=O)Nc1ccc(C)cc1)c1cc(Br)cc(Br)c1O. The van der Waals surface area contributed by atoms with Crippen LogP contribution in [0.5, 0.6) is 5.75 Å². The summed E-state index contributed by atoms with van der Waals surface area (Å²) in [5.41, 5.74) is 8.89. The highest BCUT2D eigenvalue weighted by Gasteiger charge is 2.31. The van der Waals surface area contributed by atoms with E-state index in [0.29, 0.717) is 51.0 Å². The fraction of sp³-hybridized carbons (Fsp3) is 0.241. The van der Waals surface area contributed by atoms with E-state index in [1.165, 1.54) is 6.08 Å². The van der Waals surface area contributed by atoms with E-state index >= 15 is 0 Å². The number of anilines is 3. The van der Waals surface area contributed by atoms with Crippen LogP contribution in [0, 0.1) is 6.92 Å². The number of nitrogens with one attached hydrogen (secondary N) is 2. The quantitative estimate of drug-likeness (QED) is 0.125. The van der Waals surface area contributed by atoms with Crippen molar-refractivity contribution in [2.45, 2.75) is 38.9 Å². The molecule has 2 atom stereocenters. The summed E-state index contributed by atoms with van der Waals surface area (Å²) in [7, 11) is 0. The lowest BCUT2D eigenvalue weighted by Gasteiger charge is -2.28. The van der Waals surface area contributed by atoms with Gasteiger partial charge in [-0.05, 0) is 85.1 Å². The number of carbonyl (C=O) groups is 2. The summed E-state index contributed by atoms with van der Waals surface area (Å²) in [5, 5.41) is 16.3. The average Bonchev–Trinajstić information content (AvgIpc) is 2.89. The Bertz CT molecular complexity index is 1310. The molecule has 0 spiro atoms. The van der Waals surface area contributed by atoms with E-state index in [2.05, 4.69) is 42.5 Å². The molecule has 0 aromatic heterocycles. The van der Waals surface area contributed by atoms with Crippen molar-refractivity contribution in [3.05, 3.63) is 92.9 Å². The summed E-state index contributed by atoms with van der Waals surface area (Å²) in [5.74, 6) is -0.383. The monoisotopic (exact) mass is 659 g/mol. The minimum atomic E-state index is -0.949. The van der Waals surface area contributed by atoms with E-state index in [9.17, 15) is 14.7 Å². The molecular formula is C29H31Br2N3O5. The topological polar surface area (TPSA) is 123 Å². The second-order valence-corrected chi connectivity index (χ2v) is 10.5. The summed E-state index contributed by atoms with van der Waals surface area (Å²) in [6.45, 7) is 4.13. The first-order valence-electron chi connectivity index (χ1n) is 12.3. The number of carbonyl (C=O) groups excluding carboxylic acids is 2. The highest BCUT2D eigenvalue weighted by Crippen LogP contribution is 2.39. The first kappa shape index (κ1) is 30.2. The summed E-state index contributed by atoms with van der Waals surface area (Å²) in [4.78, 5) is 25.3. The van der Waals surface area contributed by atoms with Gasteiger partial charge in [-0.15, -0.1) is 0 Å². The van der Waals surface area contributed by atoms with E-state index < -0.39 is 18.3 Å². The first-order valence-corrected chi connectivity index (χ1v) is 13.9. The maximum atomic E-state index is 12.9. The van der Waals surface area contributed by atoms with Gasteiger partial charge < -0.3 is 25.6 Å². The van der Waals surface area contributed by atoms with E-state index in [4.69, 9.17) is 15.2 Å². The van der Waals surface area contributed by atoms with Crippen LogP contribution in [0.2, 0.25) is 0 Å². The number of aromatic hydroxyl groups is 1. The number of benzene rings is 3. The van der Waals surface area contributed by atoms with Gasteiger partial charge in [-0.25, -0.2) is 4.79 Å². The number of nitrogens with two attached hydrogens (primary N) is 1. The van der Waals surface area contributed by atoms with Crippen LogP contribution in [0.4, 0.5) is 21.9 Å². The number of hydrogen-bond donors (Lipinski definition) is 4. The van der Waals surface area contributed by atoms with Crippen molar-refractivity contribution in [3.8, 4) is 5.75 Å². The molecule has 0 aliphatic carbocycles. The molecule has 206 valence electrons. The number of halogens is 2. The van der Waals surface area contributed by atoms with Crippen molar-refractivity contribution in [1.82, 2.24) is 0 Å². The molecule has 0 aliphatic rings. The predicted octanol–water partition coefficient (Wildman–Crippen LogP) is 7.48. The first-order chi connectivity index (χ1) is 18.7. The van der Waals surface area contributed by atoms with E-state index in [1.54, 1.807) is 54.6 Å². The number of para-hydroxylation sites is 2. The van der Waals surface area contributed by atoms with Crippen molar-refractivity contribution in [2.24, 2.45) is 0 Å². The molecular weight excluding hydrogens is 630 g/mol. The predicted molar refractivity (Wildman–Crippen MR) is 161 cm³/mol. The van der Waals surface area contributed by atoms with Gasteiger partial charge in [0.05, 0.1) is 22.0 Å². The van der Waals surface area contributed by atoms with Crippen LogP contribution >= 0.6 is 31.9 Å². The molecule has 8 nitrogen and oxygen atoms in total. The number of allylic oxidation sites excluding steroid dienone is 1. The van der Waals surface area contributed by atoms with Crippen LogP contribution in [-0.2, 0) is 14.3 Å². The standard InChI is InChI=1S/C29H31Br2N3O5/c1-3-38-25(10-6-7-11-26(35)34-24-9-5-4-8-23(24)32)28(21-16-19(30)17-22(31)27(21)36)39-29(37)33-20-14-12-18(2)13-15-20/h4-5,7-9,11-17,25,28,36H,3,6,10,32H2,1-2H3,(H,33,37)(H,34,35)/b11-7+/t25-,28-/m1/s1. The van der Waals surface area contributed by atoms with Gasteiger partial charge in [0.15, 0.2) is 6.10 Å². The third-order valence-electron chi connectivity index (χ3n) is 5.72. The maximum Gasteiger partial charge on any atom is 0.412 e. The smallest absolute Gasteiger partial charge is 0.412 e. The minimum absolute atomic E-state index is 0.0635. The molecule has 3 rings (SSSR count). The second-order valence-electron chi connectivity index (χ2n) is 8.69. The van der Waals surface area contributed by atoms with Gasteiger partial charge in [-0.1, -0.05) is 51.8 Å². The number of rotatable bonds is 11. The molecule has 3 aromatic rings. The van der Waals surface area contributed by atoms with Crippen LogP contribution in [0.1, 0.15) is 37.0 Å². The largest absolute Gasteiger partial charge is 0.506 e. The zero-order valence-corrected chi connectivity index (χ0v) is 24.8. The Morgan fingerprint density at radius 3 is 2.49 bits per heavy atom. The third kappa shape index (κ3) is 9.12. The lowest BCUT2D eigenvalue weighted by atomic mass is 9.99. The van der Waals surface area contributed by atoms with Crippen LogP contribution in [0.25, 0.3) is 0 Å². The molecule has 0 saturated carbocycles. The molecule has 10 heteroatoms. The molecule has 5 N–H and O–H groups in total. The fourth-order valence-electron chi connectivity index (χ4n) is 3.81. The summed E-state index contributed by atoms with van der Waals surface area (Å²) < 4.78 is 13.0. The number of nitrogen functional groups attached to an aromatic ring is 1. The Hall–Kier alpha value is -3.34. The Labute approximate surface area is 244 Å². The number of aryl methyl sites for hydroxylation is 1. The Morgan fingerprint density at radius 2 is 1.79 bits per heavy atom. The average molecular weight is 661 g/mol. The normalized spacial score (nSPS) is 12.6. The van der Waals surface area contributed by atoms with E-state index in [0.717, 1.165) is 5.56 Å². The van der Waals surface area contributed by atoms with E-state index in [-0.39, 0.29) is 11.7 Å². The Kier molecular flexibility index (Phi) is 11.4. The molecule has 0 heterocycles. The van der Waals surface area contributed by atoms with Crippen molar-refractivity contribution < 1.29 is 24.2 Å². The zero-order chi connectivity index (χ0) is 28.4. The fourth-order valence-corrected chi connectivity index (χ4v) is 5.07. The van der Waals surface area contributed by atoms with Gasteiger partial charge in [0, 0.05) is 22.3 Å². The molecule has 0 fully saturated rings. The number of phenolic OH excluding ortho intramolecular Hbond substituents is 1. The summed E-state index contributed by atoms with van der Waals surface area (Å²) in [6, 6.07) is 17.7. The maximum absolute atomic E-state index is 12.9. The molecule has 2 amide bonds. The van der Waals surface area contributed by atoms with Gasteiger partial charge in [0.2, 0.25) is 5.91 Å². The zero-order valence-electron chi connectivity index (χ0n) is 21.6. The number of hydrogen-bond acceptors (Lipinski definition) is 6. The van der Waals surface area contributed by atoms with E-state index in [1.807, 2.05) is 26.0 Å². The number of phenols is 1. The molecule has 39 heavy (non-hydrogen) atoms. The molecule has 0 radical (unpaired) electrons. The summed E-state index contributed by atoms with van der Waals surface area (Å²) in [6.07, 6.45) is 1.70. The highest BCUT2D eigenvalue weighted by atomic mass is 79.9. The van der Waals surface area contributed by atoms with Gasteiger partial charge in [-0.2, -0.15) is 0 Å². The molecule has 0 bridgehead atoms. The third-order valence-corrected chi connectivity index (χ3v) is 6.78. The van der Waals surface area contributed by atoms with Crippen LogP contribution in [0.3, 0.4) is 0 Å². The van der Waals surface area contributed by atoms with Crippen molar-refractivity contribution in [2.75, 3.05) is 23.0 Å². The highest BCUT2D eigenvalue weighted by molar-refractivity contribution is 9.11. The van der Waals surface area contributed by atoms with Crippen molar-refractivity contribution in [3.63, 3.8) is 0 Å². The lowest BCUT2D eigenvalue weighted by molar-refractivity contribution is -0.111. The Balaban J connectivity index is 1.77. The van der Waals surface area contributed by atoms with Crippen molar-refractivity contribution in [1.29, 1.82) is 0 Å². The molecule has 3 aromatic carbocycles. The second kappa shape index (κ2) is 14.7. The van der Waals surface area contributed by atoms with Gasteiger partial charge in [0.25, 0.3) is 0 Å². The Morgan fingerprint density at radius 1 is 1.08 bits per heavy atom. The van der Waals surface area contributed by atoms with Crippen LogP contribution < -0.4 is 16.4 Å². The molecule has 0 saturated heterocycles. The van der Waals surface area contributed by atoms with Gasteiger partial charge >= 0.3 is 6.09 Å². The lowest BCUT2D eigenvalue weighted by Crippen LogP contribution is -2.29. The summed E-state index contributed by atoms with van der Waals surface area (Å²) >= 11 is 6.79. The molecule has 0 unspecified atom stereocenters. The van der Waals surface area contributed by atoms with Crippen LogP contribution in [-0.4, -0.2) is 29.8 Å². The molecule has 0 aliphatic heterocycles. The van der Waals surface area contributed by atoms with Crippen molar-refractivity contribution >= 4 is 60.9 Å².